The van der Waals surface area contributed by atoms with E-state index in [-0.39, 0.29) is 0 Å². The van der Waals surface area contributed by atoms with Gasteiger partial charge in [0.2, 0.25) is 0 Å². The molecular weight excluding hydrogens is 188 g/mol. The van der Waals surface area contributed by atoms with Crippen molar-refractivity contribution in [3.8, 4) is 0 Å². The molecular formula is C10H4B5N. The molecule has 10 radical (unpaired) electrons. The Labute approximate surface area is 101 Å². The Morgan fingerprint density at radius 2 is 1.25 bits per heavy atom. The van der Waals surface area contributed by atoms with Gasteiger partial charge in [0, 0.05) is 5.69 Å². The molecule has 0 aromatic heterocycles. The van der Waals surface area contributed by atoms with Gasteiger partial charge in [-0.15, -0.1) is 16.4 Å². The van der Waals surface area contributed by atoms with Gasteiger partial charge in [0.25, 0.3) is 0 Å². The van der Waals surface area contributed by atoms with Crippen LogP contribution in [0, 0.1) is 0 Å². The Morgan fingerprint density at radius 3 is 1.81 bits per heavy atom. The lowest BCUT2D eigenvalue weighted by atomic mass is 9.68. The molecule has 0 fully saturated rings. The zero-order valence-corrected chi connectivity index (χ0v) is 8.62. The zero-order valence-electron chi connectivity index (χ0n) is 8.62. The first kappa shape index (κ1) is 11.3. The van der Waals surface area contributed by atoms with Gasteiger partial charge in [-0.1, -0.05) is 23.1 Å². The number of benzene rings is 2. The fraction of sp³-hybridized carbons (Fsp3) is 0. The molecule has 2 aromatic rings. The molecule has 0 unspecified atom stereocenters. The van der Waals surface area contributed by atoms with E-state index < -0.39 is 0 Å². The highest BCUT2D eigenvalue weighted by Crippen LogP contribution is 2.13. The SMILES string of the molecule is [B]c1cc2cc([B])c([B])c(N)c2c([B])c1[B]. The first-order valence-electron chi connectivity index (χ1n) is 4.64. The van der Waals surface area contributed by atoms with Crippen LogP contribution in [0.5, 0.6) is 0 Å². The highest BCUT2D eigenvalue weighted by atomic mass is 14.6. The molecule has 16 heavy (non-hydrogen) atoms. The summed E-state index contributed by atoms with van der Waals surface area (Å²) in [6.07, 6.45) is 0. The zero-order chi connectivity index (χ0) is 12.0. The smallest absolute Gasteiger partial charge is 0.115 e. The van der Waals surface area contributed by atoms with Gasteiger partial charge in [0.15, 0.2) is 0 Å². The van der Waals surface area contributed by atoms with Crippen LogP contribution in [0.3, 0.4) is 0 Å². The van der Waals surface area contributed by atoms with Crippen molar-refractivity contribution in [2.24, 2.45) is 0 Å². The number of nitrogens with two attached hydrogens (primary N) is 1. The van der Waals surface area contributed by atoms with Crippen molar-refractivity contribution < 1.29 is 0 Å². The van der Waals surface area contributed by atoms with Crippen molar-refractivity contribution in [2.45, 2.75) is 0 Å². The monoisotopic (exact) mass is 193 g/mol. The largest absolute Gasteiger partial charge is 0.399 e. The minimum absolute atomic E-state index is 0.309. The number of hydrogen-bond acceptors (Lipinski definition) is 1. The van der Waals surface area contributed by atoms with E-state index in [4.69, 9.17) is 45.0 Å². The molecule has 2 aromatic carbocycles. The van der Waals surface area contributed by atoms with Gasteiger partial charge >= 0.3 is 0 Å². The Balaban J connectivity index is 3.03. The standard InChI is InChI=1S/C10H4B5N/c11-4-1-3-2-5(12)8(14)10(16)6(3)9(15)7(4)13/h1-2H,16H2. The molecule has 0 saturated heterocycles. The first-order valence-corrected chi connectivity index (χ1v) is 4.64. The molecule has 0 aliphatic heterocycles. The maximum Gasteiger partial charge on any atom is 0.115 e. The van der Waals surface area contributed by atoms with E-state index in [0.717, 1.165) is 5.39 Å². The van der Waals surface area contributed by atoms with Crippen molar-refractivity contribution in [3.63, 3.8) is 0 Å². The minimum Gasteiger partial charge on any atom is -0.399 e. The van der Waals surface area contributed by atoms with Crippen LogP contribution in [0.15, 0.2) is 12.1 Å². The van der Waals surface area contributed by atoms with Crippen LogP contribution in [-0.4, -0.2) is 39.2 Å². The van der Waals surface area contributed by atoms with E-state index in [2.05, 4.69) is 0 Å². The van der Waals surface area contributed by atoms with Crippen molar-refractivity contribution >= 4 is 83.0 Å². The Bertz CT molecular complexity index is 545. The molecule has 0 aliphatic carbocycles. The van der Waals surface area contributed by atoms with Crippen LogP contribution in [0.1, 0.15) is 0 Å². The van der Waals surface area contributed by atoms with Crippen LogP contribution < -0.4 is 33.0 Å². The lowest BCUT2D eigenvalue weighted by Crippen LogP contribution is -2.41. The summed E-state index contributed by atoms with van der Waals surface area (Å²) in [5, 5.41) is 1.33. The molecule has 0 spiro atoms. The van der Waals surface area contributed by atoms with E-state index in [1.807, 2.05) is 0 Å². The third-order valence-electron chi connectivity index (χ3n) is 2.65. The minimum atomic E-state index is 0.309. The number of rotatable bonds is 0. The topological polar surface area (TPSA) is 26.0 Å². The summed E-state index contributed by atoms with van der Waals surface area (Å²) in [7, 11) is 28.7. The van der Waals surface area contributed by atoms with Gasteiger partial charge in [0.1, 0.15) is 39.2 Å². The predicted molar refractivity (Wildman–Crippen MR) is 75.3 cm³/mol. The van der Waals surface area contributed by atoms with Crippen molar-refractivity contribution in [3.05, 3.63) is 12.1 Å². The first-order chi connectivity index (χ1) is 7.43. The van der Waals surface area contributed by atoms with Crippen molar-refractivity contribution in [1.29, 1.82) is 0 Å². The van der Waals surface area contributed by atoms with E-state index >= 15 is 0 Å². The summed E-state index contributed by atoms with van der Waals surface area (Å²) >= 11 is 0. The van der Waals surface area contributed by atoms with Crippen LogP contribution in [-0.2, 0) is 0 Å². The van der Waals surface area contributed by atoms with Crippen LogP contribution >= 0.6 is 0 Å². The molecule has 2 rings (SSSR count). The van der Waals surface area contributed by atoms with Gasteiger partial charge < -0.3 is 5.73 Å². The van der Waals surface area contributed by atoms with Crippen LogP contribution in [0.25, 0.3) is 10.8 Å². The molecule has 0 heterocycles. The van der Waals surface area contributed by atoms with Crippen molar-refractivity contribution in [2.75, 3.05) is 5.73 Å². The Kier molecular flexibility index (Phi) is 2.61. The second-order valence-electron chi connectivity index (χ2n) is 3.68. The molecule has 0 amide bonds. The molecule has 6 heteroatoms. The average molecular weight is 192 g/mol. The third-order valence-corrected chi connectivity index (χ3v) is 2.65. The lowest BCUT2D eigenvalue weighted by molar-refractivity contribution is 1.88. The highest BCUT2D eigenvalue weighted by molar-refractivity contribution is 6.62. The summed E-state index contributed by atoms with van der Waals surface area (Å²) in [5.41, 5.74) is 7.93. The number of nitrogen functional groups attached to an aromatic ring is 1. The summed E-state index contributed by atoms with van der Waals surface area (Å²) in [6, 6.07) is 3.35. The van der Waals surface area contributed by atoms with E-state index in [0.29, 0.717) is 38.4 Å². The quantitative estimate of drug-likeness (QED) is 0.339. The lowest BCUT2D eigenvalue weighted by Gasteiger charge is -2.16. The van der Waals surface area contributed by atoms with Crippen molar-refractivity contribution in [1.82, 2.24) is 0 Å². The van der Waals surface area contributed by atoms with Gasteiger partial charge in [-0.3, -0.25) is 0 Å². The van der Waals surface area contributed by atoms with Gasteiger partial charge in [-0.2, -0.15) is 0 Å². The normalized spacial score (nSPS) is 10.8. The fourth-order valence-corrected chi connectivity index (χ4v) is 1.71. The van der Waals surface area contributed by atoms with Crippen LogP contribution in [0.4, 0.5) is 5.69 Å². The predicted octanol–water partition coefficient (Wildman–Crippen LogP) is -3.61. The second kappa shape index (κ2) is 3.69. The maximum atomic E-state index is 5.86. The second-order valence-corrected chi connectivity index (χ2v) is 3.68. The summed E-state index contributed by atoms with van der Waals surface area (Å²) in [4.78, 5) is 0. The third kappa shape index (κ3) is 1.48. The van der Waals surface area contributed by atoms with E-state index in [9.17, 15) is 0 Å². The fourth-order valence-electron chi connectivity index (χ4n) is 1.71. The summed E-state index contributed by atoms with van der Waals surface area (Å²) in [5.74, 6) is 0. The van der Waals surface area contributed by atoms with Gasteiger partial charge in [0.05, 0.1) is 0 Å². The molecule has 0 atom stereocenters. The molecule has 0 bridgehead atoms. The van der Waals surface area contributed by atoms with Crippen LogP contribution in [0.2, 0.25) is 0 Å². The Morgan fingerprint density at radius 1 is 0.750 bits per heavy atom. The van der Waals surface area contributed by atoms with Gasteiger partial charge in [-0.25, -0.2) is 0 Å². The van der Waals surface area contributed by atoms with E-state index in [1.54, 1.807) is 12.1 Å². The summed E-state index contributed by atoms with van der Waals surface area (Å²) in [6.45, 7) is 0. The number of hydrogen-bond donors (Lipinski definition) is 1. The molecule has 2 N–H and O–H groups in total. The average Bonchev–Trinajstić information content (AvgIpc) is 2.23. The molecule has 0 aliphatic rings. The number of anilines is 1. The molecule has 1 nitrogen and oxygen atoms in total. The molecule has 0 saturated carbocycles. The van der Waals surface area contributed by atoms with E-state index in [1.165, 1.54) is 0 Å². The molecule has 64 valence electrons. The summed E-state index contributed by atoms with van der Waals surface area (Å²) < 4.78 is 0. The van der Waals surface area contributed by atoms with Gasteiger partial charge in [-0.05, 0) is 10.8 Å². The Hall–Kier alpha value is -1.18. The highest BCUT2D eigenvalue weighted by Gasteiger charge is 2.08. The maximum absolute atomic E-state index is 5.86. The number of fused-ring (bicyclic) bond motifs is 1.